The molecule has 11 heteroatoms. The first-order chi connectivity index (χ1) is 11.6. The zero-order chi connectivity index (χ0) is 19.2. The third kappa shape index (κ3) is 5.01. The van der Waals surface area contributed by atoms with Gasteiger partial charge in [-0.05, 0) is 6.07 Å². The number of carbonyl (C=O) groups is 1. The fourth-order valence-electron chi connectivity index (χ4n) is 1.75. The molecule has 0 fully saturated rings. The number of anilines is 1. The molecule has 0 amide bonds. The summed E-state index contributed by atoms with van der Waals surface area (Å²) in [5, 5.41) is 14.0. The van der Waals surface area contributed by atoms with E-state index in [2.05, 4.69) is 21.0 Å². The monoisotopic (exact) mass is 370 g/mol. The molecule has 1 aromatic rings. The van der Waals surface area contributed by atoms with Crippen LogP contribution < -0.4 is 5.32 Å². The fourth-order valence-corrected chi connectivity index (χ4v) is 2.89. The highest BCUT2D eigenvalue weighted by Gasteiger charge is 2.28. The van der Waals surface area contributed by atoms with E-state index in [4.69, 9.17) is 0 Å². The number of sulfonamides is 1. The van der Waals surface area contributed by atoms with Crippen molar-refractivity contribution in [3.8, 4) is 0 Å². The Hall–Kier alpha value is -2.95. The largest absolute Gasteiger partial charge is 0.465 e. The Morgan fingerprint density at radius 3 is 2.60 bits per heavy atom. The summed E-state index contributed by atoms with van der Waals surface area (Å²) in [4.78, 5) is 23.1. The van der Waals surface area contributed by atoms with Gasteiger partial charge in [-0.3, -0.25) is 10.1 Å². The molecule has 0 unspecified atom stereocenters. The summed E-state index contributed by atoms with van der Waals surface area (Å²) < 4.78 is 33.0. The highest BCUT2D eigenvalue weighted by atomic mass is 32.2. The molecular weight excluding hydrogens is 352 g/mol. The van der Waals surface area contributed by atoms with Crippen molar-refractivity contribution in [1.82, 2.24) is 4.90 Å². The van der Waals surface area contributed by atoms with Crippen molar-refractivity contribution in [1.29, 1.82) is 0 Å². The molecule has 0 atom stereocenters. The number of nitrogens with zero attached hydrogens (tertiary/aromatic N) is 3. The van der Waals surface area contributed by atoms with Crippen LogP contribution >= 0.6 is 0 Å². The Kier molecular flexibility index (Phi) is 6.62. The Morgan fingerprint density at radius 1 is 1.48 bits per heavy atom. The summed E-state index contributed by atoms with van der Waals surface area (Å²) in [5.74, 6) is -0.911. The molecule has 25 heavy (non-hydrogen) atoms. The van der Waals surface area contributed by atoms with Crippen LogP contribution in [0.25, 0.3) is 0 Å². The van der Waals surface area contributed by atoms with Crippen molar-refractivity contribution in [2.45, 2.75) is 4.90 Å². The summed E-state index contributed by atoms with van der Waals surface area (Å²) in [7, 11) is -0.121. The van der Waals surface area contributed by atoms with E-state index in [-0.39, 0.29) is 17.8 Å². The molecule has 136 valence electrons. The lowest BCUT2D eigenvalue weighted by Gasteiger charge is -2.12. The van der Waals surface area contributed by atoms with Crippen LogP contribution in [0.2, 0.25) is 0 Å². The van der Waals surface area contributed by atoms with E-state index in [1.54, 1.807) is 14.1 Å². The van der Waals surface area contributed by atoms with Gasteiger partial charge >= 0.3 is 5.97 Å². The third-order valence-electron chi connectivity index (χ3n) is 2.82. The summed E-state index contributed by atoms with van der Waals surface area (Å²) in [6.07, 6.45) is 2.43. The summed E-state index contributed by atoms with van der Waals surface area (Å²) in [5.41, 5.74) is -1.16. The first-order valence-corrected chi connectivity index (χ1v) is 8.30. The zero-order valence-electron chi connectivity index (χ0n) is 13.9. The van der Waals surface area contributed by atoms with E-state index in [1.807, 2.05) is 0 Å². The fraction of sp³-hybridized carbons (Fsp3) is 0.286. The SMILES string of the molecule is C=CCNc1c([N+](=O)[O-])cc(C(=O)OC)cc1S(=O)(=O)/N=C/N(C)C. The molecule has 0 aromatic heterocycles. The Balaban J connectivity index is 3.75. The van der Waals surface area contributed by atoms with Crippen LogP contribution in [-0.4, -0.2) is 58.3 Å². The van der Waals surface area contributed by atoms with E-state index in [0.29, 0.717) is 0 Å². The Morgan fingerprint density at radius 2 is 2.12 bits per heavy atom. The smallest absolute Gasteiger partial charge is 0.338 e. The number of hydrogen-bond acceptors (Lipinski definition) is 7. The molecule has 0 saturated heterocycles. The molecule has 1 N–H and O–H groups in total. The van der Waals surface area contributed by atoms with Gasteiger partial charge in [0.25, 0.3) is 15.7 Å². The maximum atomic E-state index is 12.5. The van der Waals surface area contributed by atoms with Crippen molar-refractivity contribution in [2.75, 3.05) is 33.1 Å². The van der Waals surface area contributed by atoms with Gasteiger partial charge in [0, 0.05) is 26.7 Å². The number of nitro groups is 1. The molecule has 1 rings (SSSR count). The number of ether oxygens (including phenoxy) is 1. The van der Waals surface area contributed by atoms with Gasteiger partial charge in [-0.2, -0.15) is 8.42 Å². The van der Waals surface area contributed by atoms with E-state index < -0.39 is 31.5 Å². The summed E-state index contributed by atoms with van der Waals surface area (Å²) in [6.45, 7) is 3.54. The van der Waals surface area contributed by atoms with Gasteiger partial charge in [0.05, 0.1) is 17.6 Å². The minimum absolute atomic E-state index is 0.0678. The molecule has 10 nitrogen and oxygen atoms in total. The highest BCUT2D eigenvalue weighted by Crippen LogP contribution is 2.34. The van der Waals surface area contributed by atoms with Crippen LogP contribution in [0.4, 0.5) is 11.4 Å². The number of nitrogens with one attached hydrogen (secondary N) is 1. The second kappa shape index (κ2) is 8.24. The van der Waals surface area contributed by atoms with Crippen molar-refractivity contribution in [3.63, 3.8) is 0 Å². The van der Waals surface area contributed by atoms with Gasteiger partial charge in [0.15, 0.2) is 0 Å². The van der Waals surface area contributed by atoms with Crippen molar-refractivity contribution < 1.29 is 22.9 Å². The van der Waals surface area contributed by atoms with E-state index in [9.17, 15) is 23.3 Å². The normalized spacial score (nSPS) is 11.2. The standard InChI is InChI=1S/C14H18N4O6S/c1-5-6-15-13-11(18(20)21)7-10(14(19)24-4)8-12(13)25(22,23)16-9-17(2)3/h5,7-9,15H,1,6H2,2-4H3/b16-9+. The predicted octanol–water partition coefficient (Wildman–Crippen LogP) is 1.26. The van der Waals surface area contributed by atoms with E-state index in [0.717, 1.165) is 25.6 Å². The first kappa shape index (κ1) is 20.1. The molecule has 0 radical (unpaired) electrons. The van der Waals surface area contributed by atoms with Crippen LogP contribution in [0.3, 0.4) is 0 Å². The van der Waals surface area contributed by atoms with Gasteiger partial charge in [-0.1, -0.05) is 6.08 Å². The van der Waals surface area contributed by atoms with Gasteiger partial charge in [0.1, 0.15) is 16.9 Å². The number of rotatable bonds is 8. The van der Waals surface area contributed by atoms with Crippen LogP contribution in [0.15, 0.2) is 34.1 Å². The second-order valence-electron chi connectivity index (χ2n) is 4.95. The van der Waals surface area contributed by atoms with Crippen LogP contribution in [0.1, 0.15) is 10.4 Å². The average Bonchev–Trinajstić information content (AvgIpc) is 2.56. The van der Waals surface area contributed by atoms with E-state index in [1.165, 1.54) is 11.0 Å². The zero-order valence-corrected chi connectivity index (χ0v) is 14.7. The number of nitro benzene ring substituents is 1. The topological polar surface area (TPSA) is 131 Å². The molecule has 1 aromatic carbocycles. The van der Waals surface area contributed by atoms with Gasteiger partial charge in [-0.15, -0.1) is 11.0 Å². The van der Waals surface area contributed by atoms with Crippen LogP contribution in [0, 0.1) is 10.1 Å². The molecule has 0 spiro atoms. The molecule has 0 heterocycles. The Bertz CT molecular complexity index is 817. The van der Waals surface area contributed by atoms with Gasteiger partial charge in [0.2, 0.25) is 0 Å². The number of esters is 1. The molecular formula is C14H18N4O6S. The summed E-state index contributed by atoms with van der Waals surface area (Å²) >= 11 is 0. The van der Waals surface area contributed by atoms with E-state index >= 15 is 0 Å². The van der Waals surface area contributed by atoms with Crippen molar-refractivity contribution >= 4 is 33.7 Å². The Labute approximate surface area is 145 Å². The van der Waals surface area contributed by atoms with Crippen LogP contribution in [-0.2, 0) is 14.8 Å². The highest BCUT2D eigenvalue weighted by molar-refractivity contribution is 7.90. The quantitative estimate of drug-likeness (QED) is 0.181. The number of carbonyl (C=O) groups excluding carboxylic acids is 1. The molecule has 0 bridgehead atoms. The first-order valence-electron chi connectivity index (χ1n) is 6.86. The number of hydrogen-bond donors (Lipinski definition) is 1. The maximum Gasteiger partial charge on any atom is 0.338 e. The van der Waals surface area contributed by atoms with Crippen molar-refractivity contribution in [3.05, 3.63) is 40.5 Å². The third-order valence-corrected chi connectivity index (χ3v) is 4.07. The number of methoxy groups -OCH3 is 1. The molecule has 0 saturated carbocycles. The summed E-state index contributed by atoms with van der Waals surface area (Å²) in [6, 6.07) is 1.92. The molecule has 0 aliphatic rings. The lowest BCUT2D eigenvalue weighted by Crippen LogP contribution is -2.14. The second-order valence-corrected chi connectivity index (χ2v) is 6.55. The van der Waals surface area contributed by atoms with Gasteiger partial charge in [-0.25, -0.2) is 4.79 Å². The minimum Gasteiger partial charge on any atom is -0.465 e. The number of benzene rings is 1. The predicted molar refractivity (Wildman–Crippen MR) is 92.5 cm³/mol. The molecule has 0 aliphatic heterocycles. The van der Waals surface area contributed by atoms with Gasteiger partial charge < -0.3 is 15.0 Å². The lowest BCUT2D eigenvalue weighted by molar-refractivity contribution is -0.384. The van der Waals surface area contributed by atoms with Crippen molar-refractivity contribution in [2.24, 2.45) is 4.40 Å². The lowest BCUT2D eigenvalue weighted by atomic mass is 10.1. The average molecular weight is 370 g/mol. The minimum atomic E-state index is -4.32. The van der Waals surface area contributed by atoms with Crippen LogP contribution in [0.5, 0.6) is 0 Å². The molecule has 0 aliphatic carbocycles. The maximum absolute atomic E-state index is 12.5.